The number of pyridine rings is 1. The molecule has 3 fully saturated rings. The summed E-state index contributed by atoms with van der Waals surface area (Å²) in [6.45, 7) is 4.77. The molecule has 9 nitrogen and oxygen atoms in total. The Bertz CT molecular complexity index is 1970. The molecule has 3 aliphatic heterocycles. The van der Waals surface area contributed by atoms with Crippen molar-refractivity contribution >= 4 is 27.5 Å². The Labute approximate surface area is 279 Å². The highest BCUT2D eigenvalue weighted by atomic mass is 19.3. The predicted octanol–water partition coefficient (Wildman–Crippen LogP) is 5.60. The van der Waals surface area contributed by atoms with Crippen LogP contribution in [0.4, 0.5) is 27.8 Å². The number of hydrogen-bond donors (Lipinski definition) is 2. The zero-order valence-corrected chi connectivity index (χ0v) is 26.9. The number of anilines is 1. The van der Waals surface area contributed by atoms with Crippen LogP contribution in [0.1, 0.15) is 38.7 Å². The first kappa shape index (κ1) is 33.0. The molecular formula is C35H35F5N6O3. The van der Waals surface area contributed by atoms with Gasteiger partial charge in [0.2, 0.25) is 5.88 Å². The highest BCUT2D eigenvalue weighted by Gasteiger charge is 2.49. The number of ether oxygens (including phenoxy) is 2. The molecule has 2 aromatic heterocycles. The summed E-state index contributed by atoms with van der Waals surface area (Å²) in [6.07, 6.45) is 3.35. The highest BCUT2D eigenvalue weighted by molar-refractivity contribution is 6.04. The maximum atomic E-state index is 17.1. The van der Waals surface area contributed by atoms with Crippen LogP contribution in [-0.2, 0) is 0 Å². The van der Waals surface area contributed by atoms with E-state index in [1.54, 1.807) is 18.7 Å². The van der Waals surface area contributed by atoms with Gasteiger partial charge in [-0.1, -0.05) is 12.0 Å². The third kappa shape index (κ3) is 5.93. The van der Waals surface area contributed by atoms with Crippen molar-refractivity contribution in [3.63, 3.8) is 0 Å². The van der Waals surface area contributed by atoms with Gasteiger partial charge >= 0.3 is 6.01 Å². The standard InChI is InChI=1S/C35H35F5N6O3/c1-4-22-24(37)7-6-19-12-21(47)13-23(26(19)22)29-28(38)30-27(33(42-29)49-18(2)3)32(45-11-9-41-25(16-45)31(39)40)44-34(43-30)48-17-35-8-5-10-46(35)15-20(36)14-35/h1,6-7,12-13,18,20,25,31,41,47H,5,8-11,14-17H2,2-3H3/t20-,25?,35+/m1/s1. The van der Waals surface area contributed by atoms with Crippen LogP contribution in [0, 0.1) is 24.0 Å². The van der Waals surface area contributed by atoms with Gasteiger partial charge in [-0.2, -0.15) is 9.97 Å². The SMILES string of the molecule is C#Cc1c(F)ccc2cc(O)cc(-c3nc(OC(C)C)c4c(N5CCNC(C(F)F)C5)nc(OC[C@@]56CCCN5C[C@H](F)C6)nc4c3F)c12. The molecule has 258 valence electrons. The van der Waals surface area contributed by atoms with E-state index < -0.39 is 41.9 Å². The van der Waals surface area contributed by atoms with Gasteiger partial charge in [-0.25, -0.2) is 26.9 Å². The van der Waals surface area contributed by atoms with E-state index in [1.807, 2.05) is 0 Å². The van der Waals surface area contributed by atoms with Crippen molar-refractivity contribution in [2.75, 3.05) is 44.2 Å². The van der Waals surface area contributed by atoms with Crippen molar-refractivity contribution in [2.24, 2.45) is 0 Å². The zero-order valence-electron chi connectivity index (χ0n) is 26.9. The lowest BCUT2D eigenvalue weighted by Gasteiger charge is -2.35. The van der Waals surface area contributed by atoms with Gasteiger partial charge in [0.05, 0.1) is 23.2 Å². The number of aromatic nitrogens is 3. The van der Waals surface area contributed by atoms with Crippen molar-refractivity contribution in [2.45, 2.75) is 63.4 Å². The van der Waals surface area contributed by atoms with E-state index in [4.69, 9.17) is 15.9 Å². The summed E-state index contributed by atoms with van der Waals surface area (Å²) in [4.78, 5) is 17.3. The van der Waals surface area contributed by atoms with Crippen molar-refractivity contribution in [1.29, 1.82) is 0 Å². The fourth-order valence-electron chi connectivity index (χ4n) is 7.42. The summed E-state index contributed by atoms with van der Waals surface area (Å²) < 4.78 is 86.7. The Morgan fingerprint density at radius 3 is 2.69 bits per heavy atom. The van der Waals surface area contributed by atoms with Gasteiger partial charge in [0.1, 0.15) is 46.8 Å². The number of fused-ring (bicyclic) bond motifs is 3. The third-order valence-corrected chi connectivity index (χ3v) is 9.55. The van der Waals surface area contributed by atoms with Crippen LogP contribution in [0.2, 0.25) is 0 Å². The topological polar surface area (TPSA) is 95.9 Å². The number of nitrogens with zero attached hydrogens (tertiary/aromatic N) is 5. The highest BCUT2D eigenvalue weighted by Crippen LogP contribution is 2.44. The Morgan fingerprint density at radius 1 is 1.12 bits per heavy atom. The van der Waals surface area contributed by atoms with E-state index in [2.05, 4.69) is 31.1 Å². The second kappa shape index (κ2) is 12.8. The number of rotatable bonds is 8. The fourth-order valence-corrected chi connectivity index (χ4v) is 7.42. The summed E-state index contributed by atoms with van der Waals surface area (Å²) in [5, 5.41) is 13.9. The zero-order chi connectivity index (χ0) is 34.6. The van der Waals surface area contributed by atoms with Gasteiger partial charge in [0.25, 0.3) is 6.43 Å². The number of piperazine rings is 1. The van der Waals surface area contributed by atoms with Gasteiger partial charge in [0, 0.05) is 43.5 Å². The first-order valence-corrected chi connectivity index (χ1v) is 16.3. The smallest absolute Gasteiger partial charge is 0.319 e. The summed E-state index contributed by atoms with van der Waals surface area (Å²) >= 11 is 0. The maximum absolute atomic E-state index is 17.1. The van der Waals surface area contributed by atoms with E-state index in [-0.39, 0.29) is 89.2 Å². The number of nitrogens with one attached hydrogen (secondary N) is 1. The molecule has 14 heteroatoms. The molecule has 3 saturated heterocycles. The minimum Gasteiger partial charge on any atom is -0.508 e. The largest absolute Gasteiger partial charge is 0.508 e. The van der Waals surface area contributed by atoms with E-state index in [1.165, 1.54) is 18.2 Å². The second-order valence-corrected chi connectivity index (χ2v) is 13.2. The van der Waals surface area contributed by atoms with Gasteiger partial charge in [0.15, 0.2) is 5.82 Å². The first-order chi connectivity index (χ1) is 23.5. The number of phenols is 1. The molecule has 0 radical (unpaired) electrons. The quantitative estimate of drug-likeness (QED) is 0.182. The first-order valence-electron chi connectivity index (χ1n) is 16.3. The molecule has 2 N–H and O–H groups in total. The minimum absolute atomic E-state index is 0.0153. The van der Waals surface area contributed by atoms with Gasteiger partial charge < -0.3 is 24.8 Å². The lowest BCUT2D eigenvalue weighted by Crippen LogP contribution is -2.54. The molecule has 0 aliphatic carbocycles. The van der Waals surface area contributed by atoms with Crippen molar-refractivity contribution in [3.8, 4) is 41.2 Å². The molecule has 0 saturated carbocycles. The molecule has 0 amide bonds. The Morgan fingerprint density at radius 2 is 1.94 bits per heavy atom. The molecule has 5 heterocycles. The molecule has 4 aromatic rings. The van der Waals surface area contributed by atoms with Crippen LogP contribution in [0.15, 0.2) is 24.3 Å². The molecular weight excluding hydrogens is 647 g/mol. The molecule has 3 aliphatic rings. The fraction of sp³-hybridized carbons (Fsp3) is 0.457. The number of halogens is 5. The van der Waals surface area contributed by atoms with Crippen molar-refractivity contribution in [3.05, 3.63) is 41.5 Å². The molecule has 3 atom stereocenters. The van der Waals surface area contributed by atoms with Crippen molar-refractivity contribution < 1.29 is 36.5 Å². The average molecular weight is 683 g/mol. The minimum atomic E-state index is -2.69. The number of aromatic hydroxyl groups is 1. The Kier molecular flexibility index (Phi) is 8.60. The summed E-state index contributed by atoms with van der Waals surface area (Å²) in [7, 11) is 0. The normalized spacial score (nSPS) is 22.7. The Hall–Kier alpha value is -4.48. The summed E-state index contributed by atoms with van der Waals surface area (Å²) in [5.74, 6) is 0.331. The lowest BCUT2D eigenvalue weighted by atomic mass is 9.95. The summed E-state index contributed by atoms with van der Waals surface area (Å²) in [6, 6.07) is 3.73. The van der Waals surface area contributed by atoms with Crippen LogP contribution in [0.5, 0.6) is 17.6 Å². The van der Waals surface area contributed by atoms with Crippen LogP contribution in [-0.4, -0.2) is 94.6 Å². The molecule has 2 aromatic carbocycles. The molecule has 1 unspecified atom stereocenters. The molecule has 0 spiro atoms. The van der Waals surface area contributed by atoms with Crippen LogP contribution in [0.3, 0.4) is 0 Å². The van der Waals surface area contributed by atoms with Gasteiger partial charge in [-0.3, -0.25) is 4.90 Å². The number of benzene rings is 2. The predicted molar refractivity (Wildman–Crippen MR) is 174 cm³/mol. The second-order valence-electron chi connectivity index (χ2n) is 13.2. The number of terminal acetylenes is 1. The van der Waals surface area contributed by atoms with Crippen LogP contribution in [0.25, 0.3) is 32.9 Å². The van der Waals surface area contributed by atoms with Gasteiger partial charge in [-0.15, -0.1) is 6.42 Å². The Balaban J connectivity index is 1.46. The number of alkyl halides is 3. The summed E-state index contributed by atoms with van der Waals surface area (Å²) in [5.41, 5.74) is -1.38. The van der Waals surface area contributed by atoms with Crippen LogP contribution >= 0.6 is 0 Å². The van der Waals surface area contributed by atoms with E-state index in [0.29, 0.717) is 18.4 Å². The molecule has 49 heavy (non-hydrogen) atoms. The van der Waals surface area contributed by atoms with Crippen LogP contribution < -0.4 is 19.7 Å². The van der Waals surface area contributed by atoms with E-state index >= 15 is 4.39 Å². The lowest BCUT2D eigenvalue weighted by molar-refractivity contribution is 0.0955. The maximum Gasteiger partial charge on any atom is 0.319 e. The van der Waals surface area contributed by atoms with E-state index in [0.717, 1.165) is 19.0 Å². The van der Waals surface area contributed by atoms with Gasteiger partial charge in [-0.05, 0) is 56.8 Å². The monoisotopic (exact) mass is 682 g/mol. The van der Waals surface area contributed by atoms with E-state index in [9.17, 15) is 22.7 Å². The number of phenolic OH excluding ortho intramolecular Hbond substituents is 1. The third-order valence-electron chi connectivity index (χ3n) is 9.55. The average Bonchev–Trinajstić information content (AvgIpc) is 3.60. The molecule has 7 rings (SSSR count). The number of hydrogen-bond acceptors (Lipinski definition) is 9. The van der Waals surface area contributed by atoms with Crippen molar-refractivity contribution in [1.82, 2.24) is 25.2 Å². The molecule has 0 bridgehead atoms.